The van der Waals surface area contributed by atoms with E-state index in [1.807, 2.05) is 0 Å². The SMILES string of the molecule is CCCCCCCCCCCCCCCC(CCC[Si](OC)(OC)OC)C(C)C(C)(C)N.Cl. The lowest BCUT2D eigenvalue weighted by atomic mass is 9.75. The largest absolute Gasteiger partial charge is 0.500 e. The molecule has 0 aliphatic carbocycles. The van der Waals surface area contributed by atoms with Gasteiger partial charge in [0.2, 0.25) is 0 Å². The van der Waals surface area contributed by atoms with Gasteiger partial charge >= 0.3 is 8.80 Å². The van der Waals surface area contributed by atoms with E-state index in [0.717, 1.165) is 12.5 Å². The number of rotatable bonds is 23. The van der Waals surface area contributed by atoms with Crippen LogP contribution in [0.1, 0.15) is 130 Å². The van der Waals surface area contributed by atoms with E-state index in [1.165, 1.54) is 96.3 Å². The van der Waals surface area contributed by atoms with Crippen LogP contribution in [0.5, 0.6) is 0 Å². The molecule has 0 fully saturated rings. The van der Waals surface area contributed by atoms with Gasteiger partial charge in [-0.05, 0) is 32.1 Å². The molecule has 0 aromatic carbocycles. The first kappa shape index (κ1) is 35.5. The van der Waals surface area contributed by atoms with Crippen molar-refractivity contribution in [2.24, 2.45) is 17.6 Å². The van der Waals surface area contributed by atoms with Gasteiger partial charge in [0.1, 0.15) is 0 Å². The van der Waals surface area contributed by atoms with Crippen molar-refractivity contribution in [1.29, 1.82) is 0 Å². The highest BCUT2D eigenvalue weighted by molar-refractivity contribution is 6.60. The molecule has 202 valence electrons. The molecule has 0 radical (unpaired) electrons. The van der Waals surface area contributed by atoms with Crippen LogP contribution in [0, 0.1) is 11.8 Å². The van der Waals surface area contributed by atoms with Gasteiger partial charge in [-0.1, -0.05) is 110 Å². The Labute approximate surface area is 215 Å². The molecule has 0 amide bonds. The first-order valence-electron chi connectivity index (χ1n) is 13.7. The van der Waals surface area contributed by atoms with Crippen LogP contribution in [-0.4, -0.2) is 35.7 Å². The second-order valence-corrected chi connectivity index (χ2v) is 13.7. The zero-order valence-electron chi connectivity index (χ0n) is 23.4. The Hall–Kier alpha value is 0.347. The maximum absolute atomic E-state index is 6.49. The molecule has 0 aromatic heterocycles. The summed E-state index contributed by atoms with van der Waals surface area (Å²) < 4.78 is 16.8. The van der Waals surface area contributed by atoms with Crippen molar-refractivity contribution in [3.63, 3.8) is 0 Å². The van der Waals surface area contributed by atoms with Crippen molar-refractivity contribution in [3.8, 4) is 0 Å². The molecule has 0 rings (SSSR count). The van der Waals surface area contributed by atoms with Crippen LogP contribution in [0.2, 0.25) is 6.04 Å². The summed E-state index contributed by atoms with van der Waals surface area (Å²) in [4.78, 5) is 0. The number of halogens is 1. The highest BCUT2D eigenvalue weighted by Crippen LogP contribution is 2.32. The predicted molar refractivity (Wildman–Crippen MR) is 149 cm³/mol. The Morgan fingerprint density at radius 3 is 1.39 bits per heavy atom. The monoisotopic (exact) mass is 509 g/mol. The fourth-order valence-corrected chi connectivity index (χ4v) is 6.56. The molecule has 0 saturated carbocycles. The van der Waals surface area contributed by atoms with Gasteiger partial charge < -0.3 is 19.0 Å². The fourth-order valence-electron chi connectivity index (χ4n) is 4.81. The van der Waals surface area contributed by atoms with Gasteiger partial charge in [0.05, 0.1) is 0 Å². The molecule has 0 bridgehead atoms. The lowest BCUT2D eigenvalue weighted by Crippen LogP contribution is -2.44. The van der Waals surface area contributed by atoms with Crippen LogP contribution in [0.15, 0.2) is 0 Å². The fraction of sp³-hybridized carbons (Fsp3) is 1.00. The van der Waals surface area contributed by atoms with E-state index in [1.54, 1.807) is 21.3 Å². The molecular weight excluding hydrogens is 450 g/mol. The van der Waals surface area contributed by atoms with E-state index in [9.17, 15) is 0 Å². The van der Waals surface area contributed by atoms with Gasteiger partial charge in [0.25, 0.3) is 0 Å². The van der Waals surface area contributed by atoms with E-state index in [4.69, 9.17) is 19.0 Å². The Kier molecular flexibility index (Phi) is 23.3. The maximum atomic E-state index is 6.49. The first-order valence-corrected chi connectivity index (χ1v) is 15.6. The van der Waals surface area contributed by atoms with Crippen LogP contribution in [0.25, 0.3) is 0 Å². The minimum Gasteiger partial charge on any atom is -0.377 e. The van der Waals surface area contributed by atoms with Crippen molar-refractivity contribution in [2.75, 3.05) is 21.3 Å². The summed E-state index contributed by atoms with van der Waals surface area (Å²) >= 11 is 0. The number of nitrogens with two attached hydrogens (primary N) is 1. The molecule has 0 heterocycles. The quantitative estimate of drug-likeness (QED) is 0.111. The molecule has 0 saturated heterocycles. The van der Waals surface area contributed by atoms with E-state index >= 15 is 0 Å². The summed E-state index contributed by atoms with van der Waals surface area (Å²) in [5.41, 5.74) is 6.35. The van der Waals surface area contributed by atoms with Gasteiger partial charge in [-0.15, -0.1) is 12.4 Å². The summed E-state index contributed by atoms with van der Waals surface area (Å²) in [6.07, 6.45) is 21.8. The number of hydrogen-bond donors (Lipinski definition) is 1. The number of unbranched alkanes of at least 4 members (excludes halogenated alkanes) is 12. The number of hydrogen-bond acceptors (Lipinski definition) is 4. The Morgan fingerprint density at radius 2 is 1.03 bits per heavy atom. The molecule has 2 atom stereocenters. The van der Waals surface area contributed by atoms with E-state index in [2.05, 4.69) is 27.7 Å². The topological polar surface area (TPSA) is 53.7 Å². The highest BCUT2D eigenvalue weighted by atomic mass is 35.5. The van der Waals surface area contributed by atoms with Crippen molar-refractivity contribution in [1.82, 2.24) is 0 Å². The summed E-state index contributed by atoms with van der Waals surface area (Å²) in [6.45, 7) is 8.97. The minimum atomic E-state index is -2.47. The summed E-state index contributed by atoms with van der Waals surface area (Å²) in [6, 6.07) is 0.878. The third-order valence-electron chi connectivity index (χ3n) is 7.55. The smallest absolute Gasteiger partial charge is 0.377 e. The second-order valence-electron chi connectivity index (χ2n) is 10.6. The van der Waals surface area contributed by atoms with Gasteiger partial charge in [0, 0.05) is 32.9 Å². The lowest BCUT2D eigenvalue weighted by Gasteiger charge is -2.35. The van der Waals surface area contributed by atoms with Crippen molar-refractivity contribution in [2.45, 2.75) is 142 Å². The molecule has 6 heteroatoms. The molecule has 0 aliphatic rings. The van der Waals surface area contributed by atoms with Gasteiger partial charge in [-0.3, -0.25) is 0 Å². The van der Waals surface area contributed by atoms with Gasteiger partial charge in [-0.2, -0.15) is 0 Å². The van der Waals surface area contributed by atoms with E-state index < -0.39 is 8.80 Å². The van der Waals surface area contributed by atoms with E-state index in [0.29, 0.717) is 11.8 Å². The second kappa shape index (κ2) is 21.6. The maximum Gasteiger partial charge on any atom is 0.500 e. The average Bonchev–Trinajstić information content (AvgIpc) is 2.77. The third-order valence-corrected chi connectivity index (χ3v) is 10.4. The minimum absolute atomic E-state index is 0. The van der Waals surface area contributed by atoms with Gasteiger partial charge in [-0.25, -0.2) is 0 Å². The van der Waals surface area contributed by atoms with Gasteiger partial charge in [0.15, 0.2) is 0 Å². The molecule has 2 unspecified atom stereocenters. The molecule has 2 N–H and O–H groups in total. The highest BCUT2D eigenvalue weighted by Gasteiger charge is 2.37. The summed E-state index contributed by atoms with van der Waals surface area (Å²) in [5.74, 6) is 1.16. The standard InChI is InChI=1S/C27H59NO3Si.ClH/c1-8-9-10-11-12-13-14-15-16-17-18-19-20-22-26(25(2)27(3,4)28)23-21-24-32(29-5,30-6)31-7;/h25-26H,8-24,28H2,1-7H3;1H. The molecule has 0 spiro atoms. The third kappa shape index (κ3) is 17.4. The van der Waals surface area contributed by atoms with Crippen LogP contribution in [0.4, 0.5) is 0 Å². The zero-order chi connectivity index (χ0) is 24.3. The summed E-state index contributed by atoms with van der Waals surface area (Å²) in [5, 5.41) is 0. The van der Waals surface area contributed by atoms with Crippen LogP contribution in [0.3, 0.4) is 0 Å². The lowest BCUT2D eigenvalue weighted by molar-refractivity contribution is 0.121. The molecule has 0 aliphatic heterocycles. The van der Waals surface area contributed by atoms with E-state index in [-0.39, 0.29) is 17.9 Å². The predicted octanol–water partition coefficient (Wildman–Crippen LogP) is 8.54. The van der Waals surface area contributed by atoms with Crippen LogP contribution >= 0.6 is 12.4 Å². The molecule has 33 heavy (non-hydrogen) atoms. The Morgan fingerprint density at radius 1 is 0.667 bits per heavy atom. The molecule has 4 nitrogen and oxygen atoms in total. The molecule has 0 aromatic rings. The Bertz CT molecular complexity index is 408. The van der Waals surface area contributed by atoms with Crippen LogP contribution < -0.4 is 5.73 Å². The average molecular weight is 510 g/mol. The summed E-state index contributed by atoms with van der Waals surface area (Å²) in [7, 11) is 2.64. The van der Waals surface area contributed by atoms with Crippen molar-refractivity contribution >= 4 is 21.2 Å². The first-order chi connectivity index (χ1) is 15.3. The van der Waals surface area contributed by atoms with Crippen LogP contribution in [-0.2, 0) is 13.3 Å². The van der Waals surface area contributed by atoms with Crippen molar-refractivity contribution in [3.05, 3.63) is 0 Å². The Balaban J connectivity index is 0. The van der Waals surface area contributed by atoms with Crippen molar-refractivity contribution < 1.29 is 13.3 Å². The molecular formula is C27H60ClNO3Si. The normalized spacial score (nSPS) is 14.2. The zero-order valence-corrected chi connectivity index (χ0v) is 25.2.